The van der Waals surface area contributed by atoms with Crippen LogP contribution < -0.4 is 0 Å². The number of nitrogens with zero attached hydrogens (tertiary/aromatic N) is 3. The molecule has 1 aromatic rings. The molecule has 1 unspecified atom stereocenters. The molecule has 0 spiro atoms. The summed E-state index contributed by atoms with van der Waals surface area (Å²) in [6.45, 7) is 3.60. The van der Waals surface area contributed by atoms with Gasteiger partial charge in [0.15, 0.2) is 9.84 Å². The first-order valence-corrected chi connectivity index (χ1v) is 10.2. The Balaban J connectivity index is 1.65. The third-order valence-electron chi connectivity index (χ3n) is 4.80. The molecule has 0 amide bonds. The van der Waals surface area contributed by atoms with Gasteiger partial charge in [-0.25, -0.2) is 8.42 Å². The van der Waals surface area contributed by atoms with E-state index in [-0.39, 0.29) is 11.8 Å². The Morgan fingerprint density at radius 2 is 2.09 bits per heavy atom. The van der Waals surface area contributed by atoms with Crippen molar-refractivity contribution < 1.29 is 12.8 Å². The molecule has 1 atom stereocenters. The molecule has 0 radical (unpaired) electrons. The highest BCUT2D eigenvalue weighted by Crippen LogP contribution is 2.35. The molecule has 1 saturated heterocycles. The van der Waals surface area contributed by atoms with Gasteiger partial charge >= 0.3 is 0 Å². The summed E-state index contributed by atoms with van der Waals surface area (Å²) in [5.41, 5.74) is 0. The van der Waals surface area contributed by atoms with Gasteiger partial charge in [-0.15, -0.1) is 10.2 Å². The fourth-order valence-corrected chi connectivity index (χ4v) is 4.90. The number of aromatic nitrogens is 2. The molecule has 124 valence electrons. The fourth-order valence-electron chi connectivity index (χ4n) is 3.14. The maximum absolute atomic E-state index is 11.7. The minimum Gasteiger partial charge on any atom is -0.424 e. The van der Waals surface area contributed by atoms with Gasteiger partial charge in [0.2, 0.25) is 11.8 Å². The van der Waals surface area contributed by atoms with Gasteiger partial charge in [-0.05, 0) is 32.2 Å². The Hall–Kier alpha value is -0.950. The van der Waals surface area contributed by atoms with E-state index in [9.17, 15) is 8.42 Å². The highest BCUT2D eigenvalue weighted by atomic mass is 32.2. The number of rotatable bonds is 7. The summed E-state index contributed by atoms with van der Waals surface area (Å²) in [4.78, 5) is 2.21. The van der Waals surface area contributed by atoms with E-state index in [1.165, 1.54) is 6.42 Å². The molecular weight excluding hydrogens is 302 g/mol. The summed E-state index contributed by atoms with van der Waals surface area (Å²) in [5.74, 6) is 2.40. The van der Waals surface area contributed by atoms with Gasteiger partial charge in [0.1, 0.15) is 0 Å². The average Bonchev–Trinajstić information content (AvgIpc) is 2.99. The molecule has 22 heavy (non-hydrogen) atoms. The molecule has 7 heteroatoms. The zero-order valence-corrected chi connectivity index (χ0v) is 14.0. The summed E-state index contributed by atoms with van der Waals surface area (Å²) in [6, 6.07) is 0.0932. The molecule has 1 aliphatic heterocycles. The summed E-state index contributed by atoms with van der Waals surface area (Å²) >= 11 is 0. The summed E-state index contributed by atoms with van der Waals surface area (Å²) in [5, 5.41) is 8.33. The van der Waals surface area contributed by atoms with E-state index in [2.05, 4.69) is 22.0 Å². The van der Waals surface area contributed by atoms with E-state index < -0.39 is 9.84 Å². The summed E-state index contributed by atoms with van der Waals surface area (Å²) < 4.78 is 29.3. The summed E-state index contributed by atoms with van der Waals surface area (Å²) in [6.07, 6.45) is 6.39. The summed E-state index contributed by atoms with van der Waals surface area (Å²) in [7, 11) is -2.87. The first-order chi connectivity index (χ1) is 10.6. The molecule has 1 aromatic heterocycles. The Morgan fingerprint density at radius 1 is 1.27 bits per heavy atom. The fraction of sp³-hybridized carbons (Fsp3) is 0.867. The van der Waals surface area contributed by atoms with Crippen molar-refractivity contribution >= 4 is 9.84 Å². The van der Waals surface area contributed by atoms with Crippen LogP contribution in [0.25, 0.3) is 0 Å². The molecule has 3 rings (SSSR count). The Bertz CT molecular complexity index is 595. The van der Waals surface area contributed by atoms with Crippen molar-refractivity contribution in [1.29, 1.82) is 0 Å². The van der Waals surface area contributed by atoms with Crippen LogP contribution in [-0.2, 0) is 16.4 Å². The molecule has 0 N–H and O–H groups in total. The Morgan fingerprint density at radius 3 is 2.68 bits per heavy atom. The molecule has 6 nitrogen and oxygen atoms in total. The Labute approximate surface area is 132 Å². The van der Waals surface area contributed by atoms with Gasteiger partial charge in [0, 0.05) is 12.0 Å². The zero-order valence-electron chi connectivity index (χ0n) is 13.2. The molecular formula is C15H25N3O3S. The second-order valence-electron chi connectivity index (χ2n) is 6.54. The average molecular weight is 327 g/mol. The lowest BCUT2D eigenvalue weighted by atomic mass is 9.85. The van der Waals surface area contributed by atoms with Crippen LogP contribution in [0.4, 0.5) is 0 Å². The predicted octanol–water partition coefficient (Wildman–Crippen LogP) is 2.13. The van der Waals surface area contributed by atoms with E-state index in [1.807, 2.05) is 0 Å². The highest BCUT2D eigenvalue weighted by molar-refractivity contribution is 7.91. The lowest BCUT2D eigenvalue weighted by molar-refractivity contribution is 0.178. The van der Waals surface area contributed by atoms with Crippen LogP contribution in [0.15, 0.2) is 4.42 Å². The first-order valence-electron chi connectivity index (χ1n) is 8.34. The molecule has 1 aliphatic carbocycles. The molecule has 0 bridgehead atoms. The molecule has 2 fully saturated rings. The molecule has 1 saturated carbocycles. The second kappa shape index (κ2) is 6.66. The van der Waals surface area contributed by atoms with Gasteiger partial charge in [-0.3, -0.25) is 4.90 Å². The SMILES string of the molecule is CCCCN(Cc1nnc(C2CCC2)o1)C1CCS(=O)(=O)C1. The van der Waals surface area contributed by atoms with Crippen molar-refractivity contribution in [3.8, 4) is 0 Å². The van der Waals surface area contributed by atoms with Crippen LogP contribution in [-0.4, -0.2) is 47.6 Å². The molecule has 0 aromatic carbocycles. The monoisotopic (exact) mass is 327 g/mol. The maximum Gasteiger partial charge on any atom is 0.230 e. The second-order valence-corrected chi connectivity index (χ2v) is 8.77. The number of hydrogen-bond acceptors (Lipinski definition) is 6. The Kier molecular flexibility index (Phi) is 4.82. The number of sulfone groups is 1. The van der Waals surface area contributed by atoms with Crippen molar-refractivity contribution in [2.24, 2.45) is 0 Å². The zero-order chi connectivity index (χ0) is 15.6. The minimum absolute atomic E-state index is 0.0932. The molecule has 2 aliphatic rings. The van der Waals surface area contributed by atoms with Crippen molar-refractivity contribution in [3.63, 3.8) is 0 Å². The van der Waals surface area contributed by atoms with Gasteiger partial charge in [-0.1, -0.05) is 19.8 Å². The normalized spacial score (nSPS) is 24.7. The third-order valence-corrected chi connectivity index (χ3v) is 6.55. The van der Waals surface area contributed by atoms with Crippen LogP contribution in [0.2, 0.25) is 0 Å². The minimum atomic E-state index is -2.87. The van der Waals surface area contributed by atoms with Crippen LogP contribution in [0, 0.1) is 0 Å². The lowest BCUT2D eigenvalue weighted by Gasteiger charge is -2.26. The first kappa shape index (κ1) is 15.9. The van der Waals surface area contributed by atoms with Crippen molar-refractivity contribution in [2.75, 3.05) is 18.1 Å². The van der Waals surface area contributed by atoms with Crippen LogP contribution in [0.1, 0.15) is 63.1 Å². The highest BCUT2D eigenvalue weighted by Gasteiger charge is 2.33. The van der Waals surface area contributed by atoms with Gasteiger partial charge in [0.05, 0.1) is 18.1 Å². The van der Waals surface area contributed by atoms with Crippen molar-refractivity contribution in [2.45, 2.75) is 64.0 Å². The van der Waals surface area contributed by atoms with E-state index in [0.717, 1.165) is 44.5 Å². The van der Waals surface area contributed by atoms with Crippen LogP contribution in [0.3, 0.4) is 0 Å². The topological polar surface area (TPSA) is 76.3 Å². The third kappa shape index (κ3) is 3.68. The van der Waals surface area contributed by atoms with Gasteiger partial charge in [-0.2, -0.15) is 0 Å². The largest absolute Gasteiger partial charge is 0.424 e. The van der Waals surface area contributed by atoms with Crippen molar-refractivity contribution in [1.82, 2.24) is 15.1 Å². The quantitative estimate of drug-likeness (QED) is 0.763. The van der Waals surface area contributed by atoms with Crippen LogP contribution in [0.5, 0.6) is 0 Å². The lowest BCUT2D eigenvalue weighted by Crippen LogP contribution is -2.36. The maximum atomic E-state index is 11.7. The van der Waals surface area contributed by atoms with Gasteiger partial charge < -0.3 is 4.42 Å². The van der Waals surface area contributed by atoms with E-state index in [4.69, 9.17) is 4.42 Å². The predicted molar refractivity (Wildman–Crippen MR) is 83.3 cm³/mol. The van der Waals surface area contributed by atoms with E-state index in [0.29, 0.717) is 24.1 Å². The standard InChI is InChI=1S/C15H25N3O3S/c1-2-3-8-18(13-7-9-22(19,20)11-13)10-14-16-17-15(21-14)12-5-4-6-12/h12-13H,2-11H2,1H3. The van der Waals surface area contributed by atoms with Gasteiger partial charge in [0.25, 0.3) is 0 Å². The van der Waals surface area contributed by atoms with E-state index in [1.54, 1.807) is 0 Å². The van der Waals surface area contributed by atoms with Crippen LogP contribution >= 0.6 is 0 Å². The number of hydrogen-bond donors (Lipinski definition) is 0. The number of unbranched alkanes of at least 4 members (excludes halogenated alkanes) is 1. The smallest absolute Gasteiger partial charge is 0.230 e. The van der Waals surface area contributed by atoms with Crippen molar-refractivity contribution in [3.05, 3.63) is 11.8 Å². The van der Waals surface area contributed by atoms with E-state index >= 15 is 0 Å². The molecule has 2 heterocycles.